The molecular formula is C27H32FN3O5. The number of carbonyl (C=O) groups is 2. The summed E-state index contributed by atoms with van der Waals surface area (Å²) in [6.45, 7) is 5.77. The molecule has 1 N–H and O–H groups in total. The summed E-state index contributed by atoms with van der Waals surface area (Å²) < 4.78 is 29.6. The van der Waals surface area contributed by atoms with Crippen LogP contribution in [0, 0.1) is 12.7 Å². The number of urea groups is 1. The summed E-state index contributed by atoms with van der Waals surface area (Å²) in [5.74, 6) is 1.74. The van der Waals surface area contributed by atoms with E-state index in [1.165, 1.54) is 24.1 Å². The molecule has 3 aromatic rings. The van der Waals surface area contributed by atoms with Gasteiger partial charge in [0.2, 0.25) is 5.91 Å². The first kappa shape index (κ1) is 26.6. The molecule has 1 aromatic heterocycles. The molecule has 3 amide bonds. The Morgan fingerprint density at radius 2 is 1.72 bits per heavy atom. The van der Waals surface area contributed by atoms with E-state index in [0.717, 1.165) is 11.3 Å². The summed E-state index contributed by atoms with van der Waals surface area (Å²) in [7, 11) is 3.04. The van der Waals surface area contributed by atoms with E-state index in [1.54, 1.807) is 42.3 Å². The van der Waals surface area contributed by atoms with E-state index in [0.29, 0.717) is 22.9 Å². The third kappa shape index (κ3) is 7.00. The molecule has 36 heavy (non-hydrogen) atoms. The number of nitrogens with one attached hydrogen (secondary N) is 1. The molecule has 1 heterocycles. The smallest absolute Gasteiger partial charge is 0.322 e. The third-order valence-electron chi connectivity index (χ3n) is 5.62. The van der Waals surface area contributed by atoms with Crippen molar-refractivity contribution in [3.05, 3.63) is 77.5 Å². The molecule has 0 aliphatic carbocycles. The van der Waals surface area contributed by atoms with Gasteiger partial charge in [-0.3, -0.25) is 4.79 Å². The number of ether oxygens (including phenoxy) is 2. The molecular weight excluding hydrogens is 465 g/mol. The number of rotatable bonds is 10. The second kappa shape index (κ2) is 12.1. The minimum Gasteiger partial charge on any atom is -0.497 e. The number of methoxy groups -OCH3 is 2. The third-order valence-corrected chi connectivity index (χ3v) is 5.62. The van der Waals surface area contributed by atoms with Crippen LogP contribution in [0.2, 0.25) is 0 Å². The van der Waals surface area contributed by atoms with Crippen LogP contribution in [0.1, 0.15) is 30.9 Å². The van der Waals surface area contributed by atoms with Gasteiger partial charge in [-0.15, -0.1) is 0 Å². The molecule has 0 radical (unpaired) electrons. The Morgan fingerprint density at radius 3 is 2.31 bits per heavy atom. The molecule has 0 spiro atoms. The number of amides is 3. The van der Waals surface area contributed by atoms with Crippen molar-refractivity contribution < 1.29 is 27.9 Å². The number of aryl methyl sites for hydroxylation is 1. The molecule has 192 valence electrons. The molecule has 0 saturated carbocycles. The standard InChI is InChI=1S/C27H32FN3O5/c1-18(2)31(27(33)29-24-13-12-22(34-4)14-25(24)35-5)17-26(32)30(16-23-11-6-19(3)36-23)15-20-7-9-21(28)10-8-20/h6-14,18H,15-17H2,1-5H3,(H,29,33). The predicted molar refractivity (Wildman–Crippen MR) is 135 cm³/mol. The van der Waals surface area contributed by atoms with Crippen molar-refractivity contribution in [2.45, 2.75) is 39.9 Å². The lowest BCUT2D eigenvalue weighted by molar-refractivity contribution is -0.133. The molecule has 3 rings (SSSR count). The molecule has 0 unspecified atom stereocenters. The number of nitrogens with zero attached hydrogens (tertiary/aromatic N) is 2. The van der Waals surface area contributed by atoms with Crippen LogP contribution in [0.3, 0.4) is 0 Å². The zero-order valence-electron chi connectivity index (χ0n) is 21.2. The monoisotopic (exact) mass is 497 g/mol. The molecule has 0 bridgehead atoms. The molecule has 2 aromatic carbocycles. The zero-order chi connectivity index (χ0) is 26.2. The van der Waals surface area contributed by atoms with E-state index < -0.39 is 6.03 Å². The van der Waals surface area contributed by atoms with Gasteiger partial charge in [0.15, 0.2) is 0 Å². The Morgan fingerprint density at radius 1 is 1.00 bits per heavy atom. The summed E-state index contributed by atoms with van der Waals surface area (Å²) >= 11 is 0. The van der Waals surface area contributed by atoms with Gasteiger partial charge in [-0.2, -0.15) is 0 Å². The summed E-state index contributed by atoms with van der Waals surface area (Å²) in [5.41, 5.74) is 1.21. The Balaban J connectivity index is 1.78. The number of furan rings is 1. The lowest BCUT2D eigenvalue weighted by atomic mass is 10.2. The SMILES string of the molecule is COc1ccc(NC(=O)N(CC(=O)N(Cc2ccc(F)cc2)Cc2ccc(C)o2)C(C)C)c(OC)c1. The van der Waals surface area contributed by atoms with Gasteiger partial charge in [-0.25, -0.2) is 9.18 Å². The maximum absolute atomic E-state index is 13.5. The number of benzene rings is 2. The van der Waals surface area contributed by atoms with Crippen molar-refractivity contribution in [2.24, 2.45) is 0 Å². The van der Waals surface area contributed by atoms with Crippen molar-refractivity contribution in [2.75, 3.05) is 26.1 Å². The number of halogens is 1. The predicted octanol–water partition coefficient (Wildman–Crippen LogP) is 5.22. The maximum atomic E-state index is 13.5. The fourth-order valence-electron chi connectivity index (χ4n) is 3.62. The highest BCUT2D eigenvalue weighted by atomic mass is 19.1. The van der Waals surface area contributed by atoms with E-state index in [4.69, 9.17) is 13.9 Å². The van der Waals surface area contributed by atoms with Crippen molar-refractivity contribution in [1.82, 2.24) is 9.80 Å². The van der Waals surface area contributed by atoms with Crippen LogP contribution < -0.4 is 14.8 Å². The van der Waals surface area contributed by atoms with E-state index >= 15 is 0 Å². The van der Waals surface area contributed by atoms with Crippen LogP contribution in [0.25, 0.3) is 0 Å². The van der Waals surface area contributed by atoms with Gasteiger partial charge in [0.05, 0.1) is 26.5 Å². The highest BCUT2D eigenvalue weighted by Crippen LogP contribution is 2.29. The molecule has 0 fully saturated rings. The van der Waals surface area contributed by atoms with Crippen LogP contribution in [-0.4, -0.2) is 48.5 Å². The number of carbonyl (C=O) groups excluding carboxylic acids is 2. The fourth-order valence-corrected chi connectivity index (χ4v) is 3.62. The summed E-state index contributed by atoms with van der Waals surface area (Å²) in [6.07, 6.45) is 0. The fraction of sp³-hybridized carbons (Fsp3) is 0.333. The quantitative estimate of drug-likeness (QED) is 0.415. The average Bonchev–Trinajstić information content (AvgIpc) is 3.27. The molecule has 0 aliphatic heterocycles. The number of hydrogen-bond donors (Lipinski definition) is 1. The molecule has 9 heteroatoms. The molecule has 0 atom stereocenters. The lowest BCUT2D eigenvalue weighted by Crippen LogP contribution is -2.47. The normalized spacial score (nSPS) is 10.8. The van der Waals surface area contributed by atoms with Gasteiger partial charge in [0, 0.05) is 18.7 Å². The van der Waals surface area contributed by atoms with Gasteiger partial charge in [-0.05, 0) is 62.7 Å². The summed E-state index contributed by atoms with van der Waals surface area (Å²) in [6, 6.07) is 13.9. The molecule has 8 nitrogen and oxygen atoms in total. The highest BCUT2D eigenvalue weighted by molar-refractivity contribution is 5.94. The Bertz CT molecular complexity index is 1180. The molecule has 0 aliphatic rings. The first-order valence-electron chi connectivity index (χ1n) is 11.6. The van der Waals surface area contributed by atoms with Gasteiger partial charge in [0.1, 0.15) is 35.4 Å². The van der Waals surface area contributed by atoms with E-state index in [-0.39, 0.29) is 37.4 Å². The zero-order valence-corrected chi connectivity index (χ0v) is 21.2. The highest BCUT2D eigenvalue weighted by Gasteiger charge is 2.25. The van der Waals surface area contributed by atoms with Crippen molar-refractivity contribution in [1.29, 1.82) is 0 Å². The number of hydrogen-bond acceptors (Lipinski definition) is 5. The summed E-state index contributed by atoms with van der Waals surface area (Å²) in [4.78, 5) is 29.7. The van der Waals surface area contributed by atoms with Gasteiger partial charge >= 0.3 is 6.03 Å². The van der Waals surface area contributed by atoms with E-state index in [1.807, 2.05) is 32.9 Å². The van der Waals surface area contributed by atoms with Gasteiger partial charge in [0.25, 0.3) is 0 Å². The van der Waals surface area contributed by atoms with Crippen LogP contribution in [0.5, 0.6) is 11.5 Å². The first-order chi connectivity index (χ1) is 17.2. The second-order valence-corrected chi connectivity index (χ2v) is 8.61. The van der Waals surface area contributed by atoms with Crippen LogP contribution in [-0.2, 0) is 17.9 Å². The Kier molecular flexibility index (Phi) is 8.94. The van der Waals surface area contributed by atoms with Crippen molar-refractivity contribution >= 4 is 17.6 Å². The number of anilines is 1. The van der Waals surface area contributed by atoms with E-state index in [9.17, 15) is 14.0 Å². The van der Waals surface area contributed by atoms with Crippen LogP contribution in [0.15, 0.2) is 59.0 Å². The van der Waals surface area contributed by atoms with Crippen LogP contribution >= 0.6 is 0 Å². The van der Waals surface area contributed by atoms with Crippen molar-refractivity contribution in [3.8, 4) is 11.5 Å². The topological polar surface area (TPSA) is 84.3 Å². The maximum Gasteiger partial charge on any atom is 0.322 e. The van der Waals surface area contributed by atoms with Gasteiger partial charge in [-0.1, -0.05) is 12.1 Å². The first-order valence-corrected chi connectivity index (χ1v) is 11.6. The summed E-state index contributed by atoms with van der Waals surface area (Å²) in [5, 5.41) is 2.82. The second-order valence-electron chi connectivity index (χ2n) is 8.61. The van der Waals surface area contributed by atoms with Gasteiger partial charge < -0.3 is 29.0 Å². The van der Waals surface area contributed by atoms with E-state index in [2.05, 4.69) is 5.32 Å². The Labute approximate surface area is 210 Å². The average molecular weight is 498 g/mol. The minimum absolute atomic E-state index is 0.164. The minimum atomic E-state index is -0.447. The molecule has 0 saturated heterocycles. The van der Waals surface area contributed by atoms with Crippen LogP contribution in [0.4, 0.5) is 14.9 Å². The Hall–Kier alpha value is -4.01. The largest absolute Gasteiger partial charge is 0.497 e. The van der Waals surface area contributed by atoms with Crippen molar-refractivity contribution in [3.63, 3.8) is 0 Å². The lowest BCUT2D eigenvalue weighted by Gasteiger charge is -2.30.